The van der Waals surface area contributed by atoms with Gasteiger partial charge in [-0.05, 0) is 85.6 Å². The van der Waals surface area contributed by atoms with Crippen molar-refractivity contribution in [3.05, 3.63) is 151 Å². The highest BCUT2D eigenvalue weighted by atomic mass is 32.2. The molecule has 50 heavy (non-hydrogen) atoms. The summed E-state index contributed by atoms with van der Waals surface area (Å²) in [6, 6.07) is 39.2. The number of rotatable bonds is 15. The second kappa shape index (κ2) is 16.7. The molecule has 5 aromatic rings. The van der Waals surface area contributed by atoms with Crippen LogP contribution in [0.5, 0.6) is 17.2 Å². The monoisotopic (exact) mass is 691 g/mol. The minimum Gasteiger partial charge on any atom is -0.497 e. The van der Waals surface area contributed by atoms with E-state index in [-0.39, 0.29) is 35.5 Å². The number of ether oxygens (including phenoxy) is 2. The second-order valence-electron chi connectivity index (χ2n) is 12.0. The van der Waals surface area contributed by atoms with Crippen LogP contribution < -0.4 is 19.1 Å². The van der Waals surface area contributed by atoms with Crippen molar-refractivity contribution in [3.63, 3.8) is 0 Å². The molecule has 2 amide bonds. The SMILES string of the molecule is COc1cccc(CN(C(=O)CN(c2ccc(Oc3ccccc3)cc2)S(=O)(=O)c2ccccc2)C(Cc2ccccc2)C(=O)NC(C)C)c1. The van der Waals surface area contributed by atoms with Crippen molar-refractivity contribution in [2.45, 2.75) is 43.8 Å². The lowest BCUT2D eigenvalue weighted by Crippen LogP contribution is -2.54. The number of nitrogens with zero attached hydrogens (tertiary/aromatic N) is 2. The average Bonchev–Trinajstić information content (AvgIpc) is 3.13. The Bertz CT molecular complexity index is 1960. The molecule has 5 aromatic carbocycles. The summed E-state index contributed by atoms with van der Waals surface area (Å²) in [5, 5.41) is 2.97. The zero-order valence-corrected chi connectivity index (χ0v) is 29.1. The van der Waals surface area contributed by atoms with Crippen molar-refractivity contribution in [2.75, 3.05) is 18.0 Å². The fraction of sp³-hybridized carbons (Fsp3) is 0.200. The zero-order chi connectivity index (χ0) is 35.5. The van der Waals surface area contributed by atoms with Crippen molar-refractivity contribution in [2.24, 2.45) is 0 Å². The third kappa shape index (κ3) is 9.29. The van der Waals surface area contributed by atoms with Gasteiger partial charge in [-0.2, -0.15) is 0 Å². The van der Waals surface area contributed by atoms with Crippen molar-refractivity contribution >= 4 is 27.5 Å². The predicted octanol–water partition coefficient (Wildman–Crippen LogP) is 6.85. The summed E-state index contributed by atoms with van der Waals surface area (Å²) >= 11 is 0. The van der Waals surface area contributed by atoms with Crippen molar-refractivity contribution in [1.82, 2.24) is 10.2 Å². The number of sulfonamides is 1. The molecule has 1 atom stereocenters. The highest BCUT2D eigenvalue weighted by Crippen LogP contribution is 2.29. The van der Waals surface area contributed by atoms with Crippen LogP contribution in [0.2, 0.25) is 0 Å². The van der Waals surface area contributed by atoms with Crippen LogP contribution in [0.15, 0.2) is 144 Å². The van der Waals surface area contributed by atoms with Crippen LogP contribution in [-0.2, 0) is 32.6 Å². The lowest BCUT2D eigenvalue weighted by Gasteiger charge is -2.34. The van der Waals surface area contributed by atoms with Crippen LogP contribution in [0.3, 0.4) is 0 Å². The van der Waals surface area contributed by atoms with Crippen molar-refractivity contribution in [1.29, 1.82) is 0 Å². The van der Waals surface area contributed by atoms with E-state index in [2.05, 4.69) is 5.32 Å². The highest BCUT2D eigenvalue weighted by Gasteiger charge is 2.35. The summed E-state index contributed by atoms with van der Waals surface area (Å²) in [5.74, 6) is 0.807. The van der Waals surface area contributed by atoms with E-state index < -0.39 is 28.5 Å². The Morgan fingerprint density at radius 2 is 1.26 bits per heavy atom. The Kier molecular flexibility index (Phi) is 11.9. The van der Waals surface area contributed by atoms with Gasteiger partial charge >= 0.3 is 0 Å². The van der Waals surface area contributed by atoms with E-state index >= 15 is 0 Å². The lowest BCUT2D eigenvalue weighted by atomic mass is 10.0. The molecule has 10 heteroatoms. The maximum Gasteiger partial charge on any atom is 0.264 e. The van der Waals surface area contributed by atoms with Crippen LogP contribution in [0, 0.1) is 0 Å². The maximum absolute atomic E-state index is 14.7. The summed E-state index contributed by atoms with van der Waals surface area (Å²) in [6.07, 6.45) is 0.214. The molecule has 0 aliphatic carbocycles. The lowest BCUT2D eigenvalue weighted by molar-refractivity contribution is -0.140. The first-order valence-corrected chi connectivity index (χ1v) is 17.8. The molecule has 0 radical (unpaired) electrons. The van der Waals surface area contributed by atoms with Gasteiger partial charge in [0.15, 0.2) is 0 Å². The van der Waals surface area contributed by atoms with E-state index in [4.69, 9.17) is 9.47 Å². The Morgan fingerprint density at radius 1 is 0.700 bits per heavy atom. The van der Waals surface area contributed by atoms with Gasteiger partial charge in [0.2, 0.25) is 11.8 Å². The molecule has 5 rings (SSSR count). The van der Waals surface area contributed by atoms with Crippen LogP contribution in [0.4, 0.5) is 5.69 Å². The molecular formula is C40H41N3O6S. The van der Waals surface area contributed by atoms with Gasteiger partial charge in [0, 0.05) is 19.0 Å². The Labute approximate surface area is 294 Å². The molecule has 1 unspecified atom stereocenters. The number of methoxy groups -OCH3 is 1. The number of hydrogen-bond donors (Lipinski definition) is 1. The third-order valence-electron chi connectivity index (χ3n) is 7.90. The van der Waals surface area contributed by atoms with Crippen molar-refractivity contribution < 1.29 is 27.5 Å². The first-order chi connectivity index (χ1) is 24.1. The van der Waals surface area contributed by atoms with Gasteiger partial charge in [0.05, 0.1) is 17.7 Å². The fourth-order valence-corrected chi connectivity index (χ4v) is 6.89. The van der Waals surface area contributed by atoms with E-state index in [1.165, 1.54) is 17.0 Å². The smallest absolute Gasteiger partial charge is 0.264 e. The summed E-state index contributed by atoms with van der Waals surface area (Å²) in [5.41, 5.74) is 1.82. The van der Waals surface area contributed by atoms with E-state index in [0.717, 1.165) is 9.87 Å². The molecule has 0 aliphatic rings. The molecule has 0 saturated heterocycles. The Balaban J connectivity index is 1.56. The molecule has 1 N–H and O–H groups in total. The molecule has 0 aromatic heterocycles. The number of anilines is 1. The van der Waals surface area contributed by atoms with Gasteiger partial charge < -0.3 is 19.7 Å². The number of amides is 2. The molecular weight excluding hydrogens is 651 g/mol. The number of nitrogens with one attached hydrogen (secondary N) is 1. The minimum atomic E-state index is -4.24. The number of hydrogen-bond acceptors (Lipinski definition) is 6. The zero-order valence-electron chi connectivity index (χ0n) is 28.3. The summed E-state index contributed by atoms with van der Waals surface area (Å²) in [7, 11) is -2.68. The highest BCUT2D eigenvalue weighted by molar-refractivity contribution is 7.92. The average molecular weight is 692 g/mol. The largest absolute Gasteiger partial charge is 0.497 e. The van der Waals surface area contributed by atoms with Gasteiger partial charge in [-0.15, -0.1) is 0 Å². The van der Waals surface area contributed by atoms with Crippen LogP contribution in [-0.4, -0.2) is 50.9 Å². The first kappa shape index (κ1) is 35.7. The first-order valence-electron chi connectivity index (χ1n) is 16.3. The minimum absolute atomic E-state index is 0.0233. The quantitative estimate of drug-likeness (QED) is 0.129. The predicted molar refractivity (Wildman–Crippen MR) is 195 cm³/mol. The van der Waals surface area contributed by atoms with Gasteiger partial charge in [-0.3, -0.25) is 13.9 Å². The number of carbonyl (C=O) groups is 2. The molecule has 0 fully saturated rings. The molecule has 0 bridgehead atoms. The summed E-state index contributed by atoms with van der Waals surface area (Å²) in [6.45, 7) is 3.17. The van der Waals surface area contributed by atoms with Gasteiger partial charge in [-0.25, -0.2) is 8.42 Å². The molecule has 258 valence electrons. The number of benzene rings is 5. The van der Waals surface area contributed by atoms with Crippen LogP contribution >= 0.6 is 0 Å². The standard InChI is InChI=1S/C40H41N3O6S/c1-30(2)41-40(45)38(27-31-14-7-4-8-15-31)42(28-32-16-13-19-36(26-32)48-3)39(44)29-43(50(46,47)37-20-11-6-12-21-37)33-22-24-35(25-23-33)49-34-17-9-5-10-18-34/h4-26,30,38H,27-29H2,1-3H3,(H,41,45). The van der Waals surface area contributed by atoms with E-state index in [1.807, 2.05) is 86.6 Å². The van der Waals surface area contributed by atoms with E-state index in [9.17, 15) is 18.0 Å². The van der Waals surface area contributed by atoms with Crippen molar-refractivity contribution in [3.8, 4) is 17.2 Å². The van der Waals surface area contributed by atoms with Crippen LogP contribution in [0.1, 0.15) is 25.0 Å². The van der Waals surface area contributed by atoms with Gasteiger partial charge in [-0.1, -0.05) is 78.9 Å². The van der Waals surface area contributed by atoms with Gasteiger partial charge in [0.1, 0.15) is 29.8 Å². The fourth-order valence-electron chi connectivity index (χ4n) is 5.46. The summed E-state index contributed by atoms with van der Waals surface area (Å²) in [4.78, 5) is 30.1. The second-order valence-corrected chi connectivity index (χ2v) is 13.8. The normalized spacial score (nSPS) is 11.8. The molecule has 0 aliphatic heterocycles. The Morgan fingerprint density at radius 3 is 1.88 bits per heavy atom. The molecule has 0 spiro atoms. The Hall–Kier alpha value is -5.61. The third-order valence-corrected chi connectivity index (χ3v) is 9.69. The number of carbonyl (C=O) groups excluding carboxylic acids is 2. The number of para-hydroxylation sites is 1. The maximum atomic E-state index is 14.7. The van der Waals surface area contributed by atoms with E-state index in [0.29, 0.717) is 22.8 Å². The molecule has 0 heterocycles. The van der Waals surface area contributed by atoms with Crippen LogP contribution in [0.25, 0.3) is 0 Å². The van der Waals surface area contributed by atoms with E-state index in [1.54, 1.807) is 61.7 Å². The summed E-state index contributed by atoms with van der Waals surface area (Å²) < 4.78 is 41.0. The molecule has 9 nitrogen and oxygen atoms in total. The van der Waals surface area contributed by atoms with Gasteiger partial charge in [0.25, 0.3) is 10.0 Å². The molecule has 0 saturated carbocycles. The topological polar surface area (TPSA) is 105 Å².